The third-order valence-corrected chi connectivity index (χ3v) is 4.95. The van der Waals surface area contributed by atoms with E-state index in [0.29, 0.717) is 12.5 Å². The van der Waals surface area contributed by atoms with Crippen LogP contribution in [0.25, 0.3) is 0 Å². The molecular weight excluding hydrogens is 323 g/mol. The number of rotatable bonds is 5. The molecule has 1 amide bonds. The summed E-state index contributed by atoms with van der Waals surface area (Å²) in [5, 5.41) is 7.56. The molecule has 1 aliphatic rings. The van der Waals surface area contributed by atoms with E-state index in [0.717, 1.165) is 12.5 Å². The lowest BCUT2D eigenvalue weighted by atomic mass is 10.2. The highest BCUT2D eigenvalue weighted by atomic mass is 35.5. The first kappa shape index (κ1) is 15.6. The van der Waals surface area contributed by atoms with Gasteiger partial charge in [-0.2, -0.15) is 0 Å². The molecule has 1 aromatic carbocycles. The number of carbonyl (C=O) groups is 1. The average molecular weight is 337 g/mol. The number of hydrogen-bond donors (Lipinski definition) is 2. The van der Waals surface area contributed by atoms with Crippen LogP contribution in [0.15, 0.2) is 17.0 Å². The quantitative estimate of drug-likeness (QED) is 0.863. The Morgan fingerprint density at radius 3 is 2.55 bits per heavy atom. The molecule has 0 unspecified atom stereocenters. The molecule has 3 N–H and O–H groups in total. The van der Waals surface area contributed by atoms with Crippen molar-refractivity contribution in [2.24, 2.45) is 11.1 Å². The average Bonchev–Trinajstić information content (AvgIpc) is 3.14. The molecule has 8 heteroatoms. The lowest BCUT2D eigenvalue weighted by Crippen LogP contribution is -2.25. The Bertz CT molecular complexity index is 642. The van der Waals surface area contributed by atoms with E-state index in [9.17, 15) is 13.2 Å². The molecule has 110 valence electrons. The van der Waals surface area contributed by atoms with Crippen LogP contribution in [0.2, 0.25) is 10.0 Å². The number of primary sulfonamides is 1. The maximum Gasteiger partial charge on any atom is 0.251 e. The standard InChI is InChI=1S/C12H14Cl2N2O3S/c13-9-5-8(6-10(11(9)14)20(15,18)19)12(17)16-4-3-7-1-2-7/h5-7H,1-4H2,(H,16,17)(H2,15,18,19). The van der Waals surface area contributed by atoms with E-state index in [1.807, 2.05) is 0 Å². The highest BCUT2D eigenvalue weighted by Gasteiger charge is 2.22. The maximum absolute atomic E-state index is 11.9. The van der Waals surface area contributed by atoms with Crippen LogP contribution in [-0.2, 0) is 10.0 Å². The molecule has 1 fully saturated rings. The second-order valence-corrected chi connectivity index (χ2v) is 7.12. The van der Waals surface area contributed by atoms with E-state index in [1.165, 1.54) is 18.9 Å². The van der Waals surface area contributed by atoms with Gasteiger partial charge in [0.2, 0.25) is 10.0 Å². The van der Waals surface area contributed by atoms with E-state index in [1.54, 1.807) is 0 Å². The Morgan fingerprint density at radius 2 is 2.00 bits per heavy atom. The third kappa shape index (κ3) is 3.85. The van der Waals surface area contributed by atoms with Crippen LogP contribution in [0.3, 0.4) is 0 Å². The maximum atomic E-state index is 11.9. The fraction of sp³-hybridized carbons (Fsp3) is 0.417. The summed E-state index contributed by atoms with van der Waals surface area (Å²) in [7, 11) is -4.03. The van der Waals surface area contributed by atoms with Crippen LogP contribution in [0, 0.1) is 5.92 Å². The first-order valence-corrected chi connectivity index (χ1v) is 8.39. The van der Waals surface area contributed by atoms with Crippen LogP contribution >= 0.6 is 23.2 Å². The van der Waals surface area contributed by atoms with Crippen molar-refractivity contribution in [2.75, 3.05) is 6.54 Å². The molecule has 20 heavy (non-hydrogen) atoms. The fourth-order valence-electron chi connectivity index (χ4n) is 1.80. The predicted molar refractivity (Wildman–Crippen MR) is 77.5 cm³/mol. The van der Waals surface area contributed by atoms with Crippen molar-refractivity contribution in [1.29, 1.82) is 0 Å². The first-order chi connectivity index (χ1) is 9.29. The summed E-state index contributed by atoms with van der Waals surface area (Å²) in [4.78, 5) is 11.6. The summed E-state index contributed by atoms with van der Waals surface area (Å²) in [6.07, 6.45) is 3.34. The summed E-state index contributed by atoms with van der Waals surface area (Å²) in [5.74, 6) is 0.304. The van der Waals surface area contributed by atoms with Gasteiger partial charge in [-0.15, -0.1) is 0 Å². The normalized spacial score (nSPS) is 15.2. The minimum Gasteiger partial charge on any atom is -0.352 e. The summed E-state index contributed by atoms with van der Waals surface area (Å²) in [6.45, 7) is 0.550. The number of sulfonamides is 1. The van der Waals surface area contributed by atoms with Gasteiger partial charge in [-0.05, 0) is 24.5 Å². The largest absolute Gasteiger partial charge is 0.352 e. The molecule has 0 heterocycles. The van der Waals surface area contributed by atoms with Gasteiger partial charge in [-0.1, -0.05) is 36.0 Å². The number of benzene rings is 1. The highest BCUT2D eigenvalue weighted by molar-refractivity contribution is 7.89. The lowest BCUT2D eigenvalue weighted by Gasteiger charge is -2.09. The van der Waals surface area contributed by atoms with Gasteiger partial charge in [0, 0.05) is 12.1 Å². The molecule has 1 aromatic rings. The number of carbonyl (C=O) groups excluding carboxylic acids is 1. The molecular formula is C12H14Cl2N2O3S. The Labute approximate surface area is 127 Å². The molecule has 1 aliphatic carbocycles. The number of amides is 1. The van der Waals surface area contributed by atoms with Crippen molar-refractivity contribution in [3.05, 3.63) is 27.7 Å². The van der Waals surface area contributed by atoms with E-state index in [4.69, 9.17) is 28.3 Å². The van der Waals surface area contributed by atoms with Gasteiger partial charge >= 0.3 is 0 Å². The third-order valence-electron chi connectivity index (χ3n) is 3.10. The molecule has 2 rings (SSSR count). The summed E-state index contributed by atoms with van der Waals surface area (Å²) in [6, 6.07) is 2.46. The summed E-state index contributed by atoms with van der Waals surface area (Å²) in [5.41, 5.74) is 0.124. The van der Waals surface area contributed by atoms with Gasteiger partial charge in [0.05, 0.1) is 10.0 Å². The zero-order valence-electron chi connectivity index (χ0n) is 10.5. The van der Waals surface area contributed by atoms with Crippen LogP contribution in [0.5, 0.6) is 0 Å². The zero-order chi connectivity index (χ0) is 14.9. The Hall–Kier alpha value is -0.820. The smallest absolute Gasteiger partial charge is 0.251 e. The summed E-state index contributed by atoms with van der Waals surface area (Å²) >= 11 is 11.6. The van der Waals surface area contributed by atoms with Gasteiger partial charge in [-0.3, -0.25) is 4.79 Å². The fourth-order valence-corrected chi connectivity index (χ4v) is 3.16. The van der Waals surface area contributed by atoms with Crippen LogP contribution in [0.1, 0.15) is 29.6 Å². The lowest BCUT2D eigenvalue weighted by molar-refractivity contribution is 0.0952. The number of halogens is 2. The van der Waals surface area contributed by atoms with E-state index >= 15 is 0 Å². The van der Waals surface area contributed by atoms with Gasteiger partial charge < -0.3 is 5.32 Å². The van der Waals surface area contributed by atoms with Crippen molar-refractivity contribution >= 4 is 39.1 Å². The Morgan fingerprint density at radius 1 is 1.35 bits per heavy atom. The minimum atomic E-state index is -4.03. The van der Waals surface area contributed by atoms with Gasteiger partial charge in [0.1, 0.15) is 4.90 Å². The zero-order valence-corrected chi connectivity index (χ0v) is 12.9. The molecule has 5 nitrogen and oxygen atoms in total. The molecule has 1 saturated carbocycles. The van der Waals surface area contributed by atoms with E-state index < -0.39 is 15.9 Å². The van der Waals surface area contributed by atoms with Crippen LogP contribution in [-0.4, -0.2) is 20.9 Å². The Kier molecular flexibility index (Phi) is 4.59. The molecule has 0 aliphatic heterocycles. The number of hydrogen-bond acceptors (Lipinski definition) is 3. The monoisotopic (exact) mass is 336 g/mol. The predicted octanol–water partition coefficient (Wildman–Crippen LogP) is 2.17. The van der Waals surface area contributed by atoms with Crippen molar-refractivity contribution in [2.45, 2.75) is 24.2 Å². The van der Waals surface area contributed by atoms with Gasteiger partial charge in [0.25, 0.3) is 5.91 Å². The first-order valence-electron chi connectivity index (χ1n) is 6.09. The second-order valence-electron chi connectivity index (χ2n) is 4.80. The van der Waals surface area contributed by atoms with Crippen molar-refractivity contribution < 1.29 is 13.2 Å². The summed E-state index contributed by atoms with van der Waals surface area (Å²) < 4.78 is 22.8. The SMILES string of the molecule is NS(=O)(=O)c1cc(C(=O)NCCC2CC2)cc(Cl)c1Cl. The topological polar surface area (TPSA) is 89.3 Å². The van der Waals surface area contributed by atoms with E-state index in [2.05, 4.69) is 5.32 Å². The van der Waals surface area contributed by atoms with Crippen LogP contribution in [0.4, 0.5) is 0 Å². The van der Waals surface area contributed by atoms with Crippen molar-refractivity contribution in [3.63, 3.8) is 0 Å². The van der Waals surface area contributed by atoms with E-state index in [-0.39, 0.29) is 20.5 Å². The van der Waals surface area contributed by atoms with Crippen LogP contribution < -0.4 is 10.5 Å². The molecule has 0 atom stereocenters. The number of nitrogens with one attached hydrogen (secondary N) is 1. The van der Waals surface area contributed by atoms with Gasteiger partial charge in [-0.25, -0.2) is 13.6 Å². The van der Waals surface area contributed by atoms with Crippen molar-refractivity contribution in [3.8, 4) is 0 Å². The number of nitrogens with two attached hydrogens (primary N) is 1. The molecule has 0 aromatic heterocycles. The highest BCUT2D eigenvalue weighted by Crippen LogP contribution is 2.32. The second kappa shape index (κ2) is 5.89. The molecule has 0 saturated heterocycles. The molecule has 0 radical (unpaired) electrons. The van der Waals surface area contributed by atoms with Gasteiger partial charge in [0.15, 0.2) is 0 Å². The molecule has 0 spiro atoms. The molecule has 0 bridgehead atoms. The Balaban J connectivity index is 2.18. The van der Waals surface area contributed by atoms with Crippen molar-refractivity contribution in [1.82, 2.24) is 5.32 Å². The minimum absolute atomic E-state index is 0.0227.